The summed E-state index contributed by atoms with van der Waals surface area (Å²) in [5.74, 6) is 0.612. The van der Waals surface area contributed by atoms with E-state index in [1.54, 1.807) is 30.3 Å². The lowest BCUT2D eigenvalue weighted by Crippen LogP contribution is -2.40. The van der Waals surface area contributed by atoms with Crippen LogP contribution in [0, 0.1) is 0 Å². The molecule has 0 unspecified atom stereocenters. The third-order valence-corrected chi connectivity index (χ3v) is 7.44. The van der Waals surface area contributed by atoms with Gasteiger partial charge in [-0.15, -0.1) is 0 Å². The summed E-state index contributed by atoms with van der Waals surface area (Å²) >= 11 is 0. The van der Waals surface area contributed by atoms with Crippen LogP contribution in [0.5, 0.6) is 0 Å². The maximum Gasteiger partial charge on any atom is 0.243 e. The molecule has 3 heterocycles. The Hall–Kier alpha value is -3.02. The molecule has 3 aromatic rings. The van der Waals surface area contributed by atoms with Gasteiger partial charge in [-0.3, -0.25) is 4.79 Å². The predicted molar refractivity (Wildman–Crippen MR) is 124 cm³/mol. The highest BCUT2D eigenvalue weighted by atomic mass is 32.2. The molecule has 1 fully saturated rings. The van der Waals surface area contributed by atoms with Crippen molar-refractivity contribution in [1.82, 2.24) is 24.6 Å². The van der Waals surface area contributed by atoms with Crippen LogP contribution in [-0.2, 0) is 26.2 Å². The smallest absolute Gasteiger partial charge is 0.243 e. The van der Waals surface area contributed by atoms with Crippen LogP contribution in [0.15, 0.2) is 47.6 Å². The number of H-pyrrole nitrogens is 1. The molecule has 176 valence electrons. The van der Waals surface area contributed by atoms with Gasteiger partial charge >= 0.3 is 0 Å². The Balaban J connectivity index is 1.30. The van der Waals surface area contributed by atoms with E-state index in [0.717, 1.165) is 11.1 Å². The molecule has 0 saturated carbocycles. The maximum absolute atomic E-state index is 12.8. The number of ether oxygens (including phenoxy) is 1. The molecule has 4 rings (SSSR count). The molecule has 10 nitrogen and oxygen atoms in total. The van der Waals surface area contributed by atoms with Crippen molar-refractivity contribution in [3.8, 4) is 0 Å². The van der Waals surface area contributed by atoms with Crippen molar-refractivity contribution >= 4 is 32.8 Å². The fraction of sp³-hybridized carbons (Fsp3) is 0.409. The number of sulfonamides is 1. The van der Waals surface area contributed by atoms with Gasteiger partial charge in [-0.2, -0.15) is 4.31 Å². The first-order valence-corrected chi connectivity index (χ1v) is 12.3. The molecular formula is C22H28N6O4S. The third-order valence-electron chi connectivity index (χ3n) is 5.53. The number of aromatic nitrogens is 3. The van der Waals surface area contributed by atoms with Gasteiger partial charge in [0.25, 0.3) is 0 Å². The highest BCUT2D eigenvalue weighted by molar-refractivity contribution is 7.89. The van der Waals surface area contributed by atoms with Gasteiger partial charge in [0, 0.05) is 38.8 Å². The van der Waals surface area contributed by atoms with Crippen molar-refractivity contribution in [3.63, 3.8) is 0 Å². The molecule has 33 heavy (non-hydrogen) atoms. The molecule has 0 bridgehead atoms. The molecule has 0 radical (unpaired) electrons. The van der Waals surface area contributed by atoms with E-state index in [4.69, 9.17) is 4.74 Å². The Labute approximate surface area is 192 Å². The quantitative estimate of drug-likeness (QED) is 0.406. The number of anilines is 1. The van der Waals surface area contributed by atoms with E-state index in [1.807, 2.05) is 6.07 Å². The first kappa shape index (κ1) is 23.1. The average Bonchev–Trinajstić information content (AvgIpc) is 3.25. The molecule has 3 N–H and O–H groups in total. The van der Waals surface area contributed by atoms with E-state index in [1.165, 1.54) is 17.6 Å². The number of nitrogens with zero attached hydrogens (tertiary/aromatic N) is 3. The molecule has 2 aromatic heterocycles. The monoisotopic (exact) mass is 472 g/mol. The van der Waals surface area contributed by atoms with Gasteiger partial charge < -0.3 is 20.4 Å². The van der Waals surface area contributed by atoms with E-state index in [2.05, 4.69) is 25.6 Å². The van der Waals surface area contributed by atoms with Crippen LogP contribution in [0.1, 0.15) is 25.5 Å². The van der Waals surface area contributed by atoms with Crippen molar-refractivity contribution in [1.29, 1.82) is 0 Å². The van der Waals surface area contributed by atoms with Crippen molar-refractivity contribution in [2.24, 2.45) is 0 Å². The van der Waals surface area contributed by atoms with Crippen LogP contribution >= 0.6 is 0 Å². The fourth-order valence-corrected chi connectivity index (χ4v) is 5.31. The molecule has 0 aliphatic carbocycles. The van der Waals surface area contributed by atoms with Gasteiger partial charge in [0.05, 0.1) is 23.0 Å². The minimum atomic E-state index is -3.46. The molecule has 1 aromatic carbocycles. The number of carbonyl (C=O) groups is 1. The van der Waals surface area contributed by atoms with Crippen LogP contribution in [0.25, 0.3) is 11.0 Å². The van der Waals surface area contributed by atoms with Gasteiger partial charge in [-0.25, -0.2) is 18.4 Å². The average molecular weight is 473 g/mol. The molecule has 1 saturated heterocycles. The normalized spacial score (nSPS) is 15.5. The molecule has 1 amide bonds. The van der Waals surface area contributed by atoms with E-state index in [0.29, 0.717) is 62.0 Å². The zero-order chi connectivity index (χ0) is 23.3. The zero-order valence-electron chi connectivity index (χ0n) is 18.5. The second-order valence-electron chi connectivity index (χ2n) is 7.92. The van der Waals surface area contributed by atoms with Crippen molar-refractivity contribution in [3.05, 3.63) is 48.4 Å². The Morgan fingerprint density at radius 3 is 2.67 bits per heavy atom. The third kappa shape index (κ3) is 5.67. The fourth-order valence-electron chi connectivity index (χ4n) is 3.82. The first-order valence-electron chi connectivity index (χ1n) is 10.9. The summed E-state index contributed by atoms with van der Waals surface area (Å²) in [6.45, 7) is 3.77. The second-order valence-corrected chi connectivity index (χ2v) is 9.85. The Morgan fingerprint density at radius 1 is 1.18 bits per heavy atom. The summed E-state index contributed by atoms with van der Waals surface area (Å²) in [5, 5.41) is 6.79. The summed E-state index contributed by atoms with van der Waals surface area (Å²) < 4.78 is 33.1. The van der Waals surface area contributed by atoms with E-state index in [9.17, 15) is 13.2 Å². The number of hydrogen-bond acceptors (Lipinski definition) is 7. The maximum atomic E-state index is 12.8. The number of rotatable bonds is 9. The lowest BCUT2D eigenvalue weighted by atomic mass is 10.1. The van der Waals surface area contributed by atoms with Crippen LogP contribution in [0.3, 0.4) is 0 Å². The zero-order valence-corrected chi connectivity index (χ0v) is 19.3. The molecule has 11 heteroatoms. The van der Waals surface area contributed by atoms with Crippen LogP contribution in [-0.4, -0.2) is 65.9 Å². The SMILES string of the molecule is CC(=O)NCCNc1ncnc2[nH]c(COC3CCN(S(=O)(=O)c4ccccc4)CC3)cc12. The van der Waals surface area contributed by atoms with E-state index >= 15 is 0 Å². The number of nitrogens with one attached hydrogen (secondary N) is 3. The highest BCUT2D eigenvalue weighted by Gasteiger charge is 2.29. The lowest BCUT2D eigenvalue weighted by molar-refractivity contribution is -0.118. The molecule has 0 spiro atoms. The standard InChI is InChI=1S/C22H28N6O4S/c1-16(29)23-9-10-24-21-20-13-17(27-22(20)26-15-25-21)14-32-18-7-11-28(12-8-18)33(30,31)19-5-3-2-4-6-19/h2-6,13,15,18H,7-12,14H2,1H3,(H,23,29)(H2,24,25,26,27). The number of hydrogen-bond donors (Lipinski definition) is 3. The number of amides is 1. The Kier molecular flexibility index (Phi) is 7.21. The summed E-state index contributed by atoms with van der Waals surface area (Å²) in [7, 11) is -3.46. The molecule has 1 aliphatic heterocycles. The van der Waals surface area contributed by atoms with Crippen molar-refractivity contribution < 1.29 is 17.9 Å². The Morgan fingerprint density at radius 2 is 1.94 bits per heavy atom. The van der Waals surface area contributed by atoms with Crippen LogP contribution in [0.4, 0.5) is 5.82 Å². The summed E-state index contributed by atoms with van der Waals surface area (Å²) in [6, 6.07) is 10.5. The largest absolute Gasteiger partial charge is 0.372 e. The number of benzene rings is 1. The van der Waals surface area contributed by atoms with Gasteiger partial charge in [-0.05, 0) is 31.0 Å². The molecule has 1 aliphatic rings. The van der Waals surface area contributed by atoms with E-state index in [-0.39, 0.29) is 12.0 Å². The number of fused-ring (bicyclic) bond motifs is 1. The molecule has 0 atom stereocenters. The predicted octanol–water partition coefficient (Wildman–Crippen LogP) is 1.88. The van der Waals surface area contributed by atoms with Crippen LogP contribution < -0.4 is 10.6 Å². The minimum absolute atomic E-state index is 0.0139. The Bertz CT molecular complexity index is 1190. The van der Waals surface area contributed by atoms with Crippen molar-refractivity contribution in [2.75, 3.05) is 31.5 Å². The first-order chi connectivity index (χ1) is 15.9. The van der Waals surface area contributed by atoms with Gasteiger partial charge in [0.15, 0.2) is 0 Å². The summed E-state index contributed by atoms with van der Waals surface area (Å²) in [4.78, 5) is 23.1. The van der Waals surface area contributed by atoms with Crippen LogP contribution in [0.2, 0.25) is 0 Å². The number of aromatic amines is 1. The summed E-state index contributed by atoms with van der Waals surface area (Å²) in [5.41, 5.74) is 1.57. The van der Waals surface area contributed by atoms with Crippen molar-refractivity contribution in [2.45, 2.75) is 37.4 Å². The molecular weight excluding hydrogens is 444 g/mol. The topological polar surface area (TPSA) is 129 Å². The minimum Gasteiger partial charge on any atom is -0.372 e. The second kappa shape index (κ2) is 10.3. The lowest BCUT2D eigenvalue weighted by Gasteiger charge is -2.31. The van der Waals surface area contributed by atoms with Gasteiger partial charge in [0.1, 0.15) is 17.8 Å². The highest BCUT2D eigenvalue weighted by Crippen LogP contribution is 2.24. The van der Waals surface area contributed by atoms with E-state index < -0.39 is 10.0 Å². The van der Waals surface area contributed by atoms with Gasteiger partial charge in [-0.1, -0.05) is 18.2 Å². The number of piperidine rings is 1. The summed E-state index contributed by atoms with van der Waals surface area (Å²) in [6.07, 6.45) is 2.75. The van der Waals surface area contributed by atoms with Gasteiger partial charge in [0.2, 0.25) is 15.9 Å². The number of carbonyl (C=O) groups excluding carboxylic acids is 1.